The summed E-state index contributed by atoms with van der Waals surface area (Å²) in [6.07, 6.45) is 0. The number of para-hydroxylation sites is 1. The lowest BCUT2D eigenvalue weighted by molar-refractivity contribution is 0.468. The Bertz CT molecular complexity index is 937. The van der Waals surface area contributed by atoms with Crippen molar-refractivity contribution >= 4 is 21.9 Å². The van der Waals surface area contributed by atoms with E-state index in [1.54, 1.807) is 61.5 Å². The minimum atomic E-state index is -4.08. The summed E-state index contributed by atoms with van der Waals surface area (Å²) in [6, 6.07) is 17.0. The molecule has 118 valence electrons. The van der Waals surface area contributed by atoms with Crippen molar-refractivity contribution in [3.05, 3.63) is 71.4 Å². The molecule has 0 amide bonds. The van der Waals surface area contributed by atoms with Gasteiger partial charge in [0.25, 0.3) is 0 Å². The van der Waals surface area contributed by atoms with Crippen LogP contribution in [0.5, 0.6) is 5.75 Å². The first-order valence-electron chi connectivity index (χ1n) is 6.79. The quantitative estimate of drug-likeness (QED) is 0.721. The van der Waals surface area contributed by atoms with Gasteiger partial charge in [-0.15, -0.1) is 4.09 Å². The smallest absolute Gasteiger partial charge is 0.366 e. The highest BCUT2D eigenvalue weighted by molar-refractivity contribution is 7.85. The lowest BCUT2D eigenvalue weighted by Gasteiger charge is -2.07. The summed E-state index contributed by atoms with van der Waals surface area (Å²) in [7, 11) is -4.08. The lowest BCUT2D eigenvalue weighted by atomic mass is 10.1. The topological polar surface area (TPSA) is 61.2 Å². The van der Waals surface area contributed by atoms with Crippen LogP contribution in [0, 0.1) is 6.92 Å². The normalized spacial score (nSPS) is 11.4. The molecule has 1 aromatic heterocycles. The van der Waals surface area contributed by atoms with Crippen LogP contribution in [0.15, 0.2) is 60.7 Å². The molecule has 0 unspecified atom stereocenters. The maximum absolute atomic E-state index is 12.4. The highest BCUT2D eigenvalue weighted by Crippen LogP contribution is 2.27. The van der Waals surface area contributed by atoms with Gasteiger partial charge in [-0.25, -0.2) is 0 Å². The van der Waals surface area contributed by atoms with E-state index in [1.165, 1.54) is 0 Å². The number of hydrogen-bond acceptors (Lipinski definition) is 4. The van der Waals surface area contributed by atoms with Gasteiger partial charge in [0, 0.05) is 5.56 Å². The van der Waals surface area contributed by atoms with Crippen molar-refractivity contribution in [2.45, 2.75) is 6.92 Å². The van der Waals surface area contributed by atoms with Crippen molar-refractivity contribution in [3.8, 4) is 17.0 Å². The zero-order valence-corrected chi connectivity index (χ0v) is 13.8. The Morgan fingerprint density at radius 3 is 2.39 bits per heavy atom. The minimum absolute atomic E-state index is 0.224. The van der Waals surface area contributed by atoms with Crippen molar-refractivity contribution in [1.29, 1.82) is 0 Å². The predicted molar refractivity (Wildman–Crippen MR) is 88.8 cm³/mol. The van der Waals surface area contributed by atoms with Crippen LogP contribution in [-0.4, -0.2) is 17.6 Å². The number of nitrogens with zero attached hydrogens (tertiary/aromatic N) is 2. The summed E-state index contributed by atoms with van der Waals surface area (Å²) in [4.78, 5) is 0. The van der Waals surface area contributed by atoms with Gasteiger partial charge in [0.05, 0.1) is 16.4 Å². The van der Waals surface area contributed by atoms with Crippen LogP contribution in [0.2, 0.25) is 5.02 Å². The monoisotopic (exact) mass is 348 g/mol. The molecule has 3 aromatic rings. The molecule has 0 aliphatic heterocycles. The first-order valence-corrected chi connectivity index (χ1v) is 8.53. The molecule has 0 radical (unpaired) electrons. The van der Waals surface area contributed by atoms with Gasteiger partial charge in [-0.2, -0.15) is 13.5 Å². The first-order chi connectivity index (χ1) is 11.0. The van der Waals surface area contributed by atoms with Gasteiger partial charge in [-0.1, -0.05) is 48.0 Å². The predicted octanol–water partition coefficient (Wildman–Crippen LogP) is 3.68. The van der Waals surface area contributed by atoms with Gasteiger partial charge in [0.15, 0.2) is 0 Å². The molecule has 23 heavy (non-hydrogen) atoms. The van der Waals surface area contributed by atoms with E-state index in [-0.39, 0.29) is 5.75 Å². The highest BCUT2D eigenvalue weighted by atomic mass is 35.5. The van der Waals surface area contributed by atoms with Crippen molar-refractivity contribution in [3.63, 3.8) is 0 Å². The van der Waals surface area contributed by atoms with Crippen molar-refractivity contribution in [2.75, 3.05) is 0 Å². The standard InChI is InChI=1S/C16H13ClN2O3S/c1-12-11-16(14-9-5-6-10-15(14)17)18-19(12)23(20,21)22-13-7-3-2-4-8-13/h2-11H,1H3. The number of halogens is 1. The molecular weight excluding hydrogens is 336 g/mol. The average Bonchev–Trinajstić information content (AvgIpc) is 2.91. The maximum atomic E-state index is 12.4. The van der Waals surface area contributed by atoms with Crippen LogP contribution < -0.4 is 4.18 Å². The van der Waals surface area contributed by atoms with Gasteiger partial charge in [-0.05, 0) is 31.2 Å². The number of aryl methyl sites for hydroxylation is 1. The summed E-state index contributed by atoms with van der Waals surface area (Å²) >= 11 is 6.13. The summed E-state index contributed by atoms with van der Waals surface area (Å²) < 4.78 is 30.7. The van der Waals surface area contributed by atoms with Gasteiger partial charge >= 0.3 is 10.3 Å². The Hall–Kier alpha value is -2.31. The molecule has 0 N–H and O–H groups in total. The van der Waals surface area contributed by atoms with Crippen molar-refractivity contribution in [2.24, 2.45) is 0 Å². The molecule has 0 spiro atoms. The summed E-state index contributed by atoms with van der Waals surface area (Å²) in [5, 5.41) is 4.63. The zero-order chi connectivity index (χ0) is 16.4. The Labute approximate surface area is 139 Å². The maximum Gasteiger partial charge on any atom is 0.429 e. The Morgan fingerprint density at radius 2 is 1.70 bits per heavy atom. The SMILES string of the molecule is Cc1cc(-c2ccccc2Cl)nn1S(=O)(=O)Oc1ccccc1. The molecular formula is C16H13ClN2O3S. The fourth-order valence-corrected chi connectivity index (χ4v) is 3.37. The molecule has 0 saturated heterocycles. The molecule has 1 heterocycles. The number of hydrogen-bond donors (Lipinski definition) is 0. The first kappa shape index (κ1) is 15.6. The largest absolute Gasteiger partial charge is 0.429 e. The summed E-state index contributed by atoms with van der Waals surface area (Å²) in [5.74, 6) is 0.224. The van der Waals surface area contributed by atoms with Crippen LogP contribution in [0.1, 0.15) is 5.69 Å². The number of aromatic nitrogens is 2. The van der Waals surface area contributed by atoms with E-state index < -0.39 is 10.3 Å². The van der Waals surface area contributed by atoms with E-state index >= 15 is 0 Å². The Kier molecular flexibility index (Phi) is 4.11. The molecule has 5 nitrogen and oxygen atoms in total. The highest BCUT2D eigenvalue weighted by Gasteiger charge is 2.21. The third kappa shape index (κ3) is 3.23. The van der Waals surface area contributed by atoms with Crippen LogP contribution in [0.25, 0.3) is 11.3 Å². The second-order valence-corrected chi connectivity index (χ2v) is 6.62. The van der Waals surface area contributed by atoms with Crippen LogP contribution >= 0.6 is 11.6 Å². The van der Waals surface area contributed by atoms with E-state index in [2.05, 4.69) is 5.10 Å². The minimum Gasteiger partial charge on any atom is -0.366 e. The van der Waals surface area contributed by atoms with E-state index in [4.69, 9.17) is 15.8 Å². The molecule has 0 aliphatic rings. The molecule has 2 aromatic carbocycles. The third-order valence-electron chi connectivity index (χ3n) is 3.15. The average molecular weight is 349 g/mol. The number of rotatable bonds is 4. The number of benzene rings is 2. The fourth-order valence-electron chi connectivity index (χ4n) is 2.12. The summed E-state index contributed by atoms with van der Waals surface area (Å²) in [5.41, 5.74) is 1.55. The van der Waals surface area contributed by atoms with E-state index in [9.17, 15) is 8.42 Å². The molecule has 0 atom stereocenters. The summed E-state index contributed by atoms with van der Waals surface area (Å²) in [6.45, 7) is 1.64. The van der Waals surface area contributed by atoms with E-state index in [1.807, 2.05) is 6.07 Å². The van der Waals surface area contributed by atoms with Gasteiger partial charge in [0.2, 0.25) is 0 Å². The molecule has 0 aliphatic carbocycles. The van der Waals surface area contributed by atoms with Crippen LogP contribution in [0.4, 0.5) is 0 Å². The van der Waals surface area contributed by atoms with Crippen LogP contribution in [0.3, 0.4) is 0 Å². The van der Waals surface area contributed by atoms with E-state index in [0.717, 1.165) is 4.09 Å². The van der Waals surface area contributed by atoms with Crippen molar-refractivity contribution < 1.29 is 12.6 Å². The van der Waals surface area contributed by atoms with Gasteiger partial charge in [0.1, 0.15) is 5.75 Å². The molecule has 0 fully saturated rings. The van der Waals surface area contributed by atoms with Crippen LogP contribution in [-0.2, 0) is 10.3 Å². The van der Waals surface area contributed by atoms with Gasteiger partial charge < -0.3 is 4.18 Å². The second kappa shape index (κ2) is 6.06. The fraction of sp³-hybridized carbons (Fsp3) is 0.0625. The molecule has 0 saturated carbocycles. The molecule has 7 heteroatoms. The third-order valence-corrected chi connectivity index (χ3v) is 4.68. The van der Waals surface area contributed by atoms with Crippen molar-refractivity contribution in [1.82, 2.24) is 9.19 Å². The lowest BCUT2D eigenvalue weighted by Crippen LogP contribution is -2.21. The van der Waals surface area contributed by atoms with Gasteiger partial charge in [-0.3, -0.25) is 0 Å². The Morgan fingerprint density at radius 1 is 1.04 bits per heavy atom. The van der Waals surface area contributed by atoms with E-state index in [0.29, 0.717) is 22.0 Å². The molecule has 3 rings (SSSR count). The molecule has 0 bridgehead atoms. The zero-order valence-electron chi connectivity index (χ0n) is 12.2. The second-order valence-electron chi connectivity index (χ2n) is 4.85. The Balaban J connectivity index is 1.99.